The first kappa shape index (κ1) is 8.94. The first-order valence-corrected chi connectivity index (χ1v) is 4.03. The molecule has 0 radical (unpaired) electrons. The van der Waals surface area contributed by atoms with Crippen LogP contribution in [0.3, 0.4) is 0 Å². The van der Waals surface area contributed by atoms with E-state index in [2.05, 4.69) is 18.0 Å². The van der Waals surface area contributed by atoms with Gasteiger partial charge in [0.2, 0.25) is 0 Å². The van der Waals surface area contributed by atoms with Gasteiger partial charge >= 0.3 is 0 Å². The average Bonchev–Trinajstić information content (AvgIpc) is 2.04. The van der Waals surface area contributed by atoms with Crippen molar-refractivity contribution in [3.05, 3.63) is 29.8 Å². The average molecular weight is 162 g/mol. The van der Waals surface area contributed by atoms with Gasteiger partial charge < -0.3 is 5.73 Å². The highest BCUT2D eigenvalue weighted by Crippen LogP contribution is 2.13. The normalized spacial score (nSPS) is 11.8. The minimum absolute atomic E-state index is 0.522. The Morgan fingerprint density at radius 1 is 1.50 bits per heavy atom. The maximum absolute atomic E-state index is 5.43. The van der Waals surface area contributed by atoms with E-state index >= 15 is 0 Å². The van der Waals surface area contributed by atoms with Crippen molar-refractivity contribution in [2.45, 2.75) is 13.8 Å². The third kappa shape index (κ3) is 2.47. The largest absolute Gasteiger partial charge is 0.325 e. The first-order chi connectivity index (χ1) is 5.72. The molecular weight excluding hydrogens is 148 g/mol. The minimum atomic E-state index is 0.522. The molecule has 0 atom stereocenters. The fraction of sp³-hybridized carbons (Fsp3) is 0.300. The number of nitrogens with two attached hydrogens (primary N) is 1. The third-order valence-electron chi connectivity index (χ3n) is 1.62. The molecule has 0 aromatic heterocycles. The number of hydrogen-bond acceptors (Lipinski definition) is 2. The lowest BCUT2D eigenvalue weighted by molar-refractivity contribution is 1.27. The van der Waals surface area contributed by atoms with E-state index in [-0.39, 0.29) is 0 Å². The maximum Gasteiger partial charge on any atom is 0.0632 e. The lowest BCUT2D eigenvalue weighted by Crippen LogP contribution is -2.08. The van der Waals surface area contributed by atoms with Crippen LogP contribution in [0.2, 0.25) is 0 Å². The molecule has 0 bridgehead atoms. The van der Waals surface area contributed by atoms with Crippen molar-refractivity contribution in [1.29, 1.82) is 0 Å². The summed E-state index contributed by atoms with van der Waals surface area (Å²) >= 11 is 0. The Labute approximate surface area is 73.1 Å². The summed E-state index contributed by atoms with van der Waals surface area (Å²) in [5.41, 5.74) is 8.59. The maximum atomic E-state index is 5.43. The summed E-state index contributed by atoms with van der Waals surface area (Å²) < 4.78 is 0. The van der Waals surface area contributed by atoms with E-state index in [1.54, 1.807) is 0 Å². The summed E-state index contributed by atoms with van der Waals surface area (Å²) in [4.78, 5) is 4.33. The van der Waals surface area contributed by atoms with Crippen molar-refractivity contribution < 1.29 is 0 Å². The molecule has 0 spiro atoms. The molecule has 0 aliphatic heterocycles. The van der Waals surface area contributed by atoms with Gasteiger partial charge in [0.15, 0.2) is 0 Å². The number of benzene rings is 1. The summed E-state index contributed by atoms with van der Waals surface area (Å²) in [6.07, 6.45) is 0. The molecule has 0 saturated heterocycles. The molecule has 2 N–H and O–H groups in total. The topological polar surface area (TPSA) is 38.4 Å². The molecule has 1 aromatic rings. The molecule has 0 amide bonds. The summed E-state index contributed by atoms with van der Waals surface area (Å²) in [5, 5.41) is 0. The lowest BCUT2D eigenvalue weighted by Gasteiger charge is -1.97. The van der Waals surface area contributed by atoms with Crippen molar-refractivity contribution in [3.8, 4) is 0 Å². The van der Waals surface area contributed by atoms with Crippen LogP contribution >= 0.6 is 0 Å². The Hall–Kier alpha value is -1.15. The van der Waals surface area contributed by atoms with Crippen molar-refractivity contribution in [2.24, 2.45) is 10.7 Å². The molecule has 0 unspecified atom stereocenters. The Morgan fingerprint density at radius 2 is 2.25 bits per heavy atom. The molecule has 0 fully saturated rings. The van der Waals surface area contributed by atoms with Crippen LogP contribution in [0.4, 0.5) is 5.69 Å². The summed E-state index contributed by atoms with van der Waals surface area (Å²) in [5.74, 6) is 0. The zero-order chi connectivity index (χ0) is 8.97. The van der Waals surface area contributed by atoms with E-state index in [1.807, 2.05) is 25.1 Å². The van der Waals surface area contributed by atoms with Crippen LogP contribution in [0, 0.1) is 6.92 Å². The Bertz CT molecular complexity index is 290. The van der Waals surface area contributed by atoms with E-state index in [1.165, 1.54) is 5.56 Å². The van der Waals surface area contributed by atoms with Gasteiger partial charge in [-0.1, -0.05) is 12.1 Å². The molecule has 2 nitrogen and oxygen atoms in total. The molecule has 0 aliphatic carbocycles. The Balaban J connectivity index is 2.89. The van der Waals surface area contributed by atoms with Gasteiger partial charge in [-0.05, 0) is 31.5 Å². The number of aryl methyl sites for hydroxylation is 1. The predicted octanol–water partition coefficient (Wildman–Crippen LogP) is 2.05. The first-order valence-electron chi connectivity index (χ1n) is 4.03. The molecular formula is C10H14N2. The molecule has 64 valence electrons. The monoisotopic (exact) mass is 162 g/mol. The molecule has 2 heteroatoms. The van der Waals surface area contributed by atoms with Crippen LogP contribution < -0.4 is 5.73 Å². The van der Waals surface area contributed by atoms with Crippen LogP contribution in [-0.4, -0.2) is 12.3 Å². The van der Waals surface area contributed by atoms with Crippen molar-refractivity contribution in [2.75, 3.05) is 6.54 Å². The predicted molar refractivity (Wildman–Crippen MR) is 53.0 cm³/mol. The van der Waals surface area contributed by atoms with Gasteiger partial charge in [-0.15, -0.1) is 0 Å². The van der Waals surface area contributed by atoms with Gasteiger partial charge in [0.1, 0.15) is 0 Å². The quantitative estimate of drug-likeness (QED) is 0.664. The van der Waals surface area contributed by atoms with E-state index in [9.17, 15) is 0 Å². The third-order valence-corrected chi connectivity index (χ3v) is 1.62. The summed E-state index contributed by atoms with van der Waals surface area (Å²) in [6, 6.07) is 8.07. The standard InChI is InChI=1S/C10H14N2/c1-8-4-3-5-10(6-8)12-9(2)7-11/h3-6H,7,11H2,1-2H3. The molecule has 12 heavy (non-hydrogen) atoms. The highest BCUT2D eigenvalue weighted by atomic mass is 14.8. The fourth-order valence-corrected chi connectivity index (χ4v) is 0.964. The molecule has 0 saturated carbocycles. The highest BCUT2D eigenvalue weighted by Gasteiger charge is 1.90. The van der Waals surface area contributed by atoms with Gasteiger partial charge in [0, 0.05) is 12.3 Å². The van der Waals surface area contributed by atoms with Gasteiger partial charge in [0.05, 0.1) is 5.69 Å². The number of rotatable bonds is 2. The van der Waals surface area contributed by atoms with Crippen molar-refractivity contribution in [1.82, 2.24) is 0 Å². The van der Waals surface area contributed by atoms with E-state index < -0.39 is 0 Å². The van der Waals surface area contributed by atoms with E-state index in [0.29, 0.717) is 6.54 Å². The fourth-order valence-electron chi connectivity index (χ4n) is 0.964. The van der Waals surface area contributed by atoms with Gasteiger partial charge in [-0.3, -0.25) is 4.99 Å². The number of aliphatic imine (C=N–C) groups is 1. The summed E-state index contributed by atoms with van der Waals surface area (Å²) in [6.45, 7) is 4.51. The molecule has 0 heterocycles. The van der Waals surface area contributed by atoms with Gasteiger partial charge in [0.25, 0.3) is 0 Å². The van der Waals surface area contributed by atoms with Crippen LogP contribution in [-0.2, 0) is 0 Å². The molecule has 1 aromatic carbocycles. The second-order valence-electron chi connectivity index (χ2n) is 2.89. The number of hydrogen-bond donors (Lipinski definition) is 1. The SMILES string of the molecule is CC(CN)=Nc1cccc(C)c1. The second kappa shape index (κ2) is 4.02. The van der Waals surface area contributed by atoms with Crippen molar-refractivity contribution >= 4 is 11.4 Å². The van der Waals surface area contributed by atoms with Crippen LogP contribution in [0.15, 0.2) is 29.3 Å². The second-order valence-corrected chi connectivity index (χ2v) is 2.89. The van der Waals surface area contributed by atoms with E-state index in [0.717, 1.165) is 11.4 Å². The van der Waals surface area contributed by atoms with Crippen LogP contribution in [0.1, 0.15) is 12.5 Å². The summed E-state index contributed by atoms with van der Waals surface area (Å²) in [7, 11) is 0. The van der Waals surface area contributed by atoms with E-state index in [4.69, 9.17) is 5.73 Å². The van der Waals surface area contributed by atoms with Crippen LogP contribution in [0.5, 0.6) is 0 Å². The van der Waals surface area contributed by atoms with Gasteiger partial charge in [-0.2, -0.15) is 0 Å². The molecule has 0 aliphatic rings. The molecule has 1 rings (SSSR count). The van der Waals surface area contributed by atoms with Crippen molar-refractivity contribution in [3.63, 3.8) is 0 Å². The van der Waals surface area contributed by atoms with Gasteiger partial charge in [-0.25, -0.2) is 0 Å². The minimum Gasteiger partial charge on any atom is -0.325 e. The Morgan fingerprint density at radius 3 is 2.83 bits per heavy atom. The Kier molecular flexibility index (Phi) is 3.00. The smallest absolute Gasteiger partial charge is 0.0632 e. The zero-order valence-electron chi connectivity index (χ0n) is 7.54. The lowest BCUT2D eigenvalue weighted by atomic mass is 10.2. The highest BCUT2D eigenvalue weighted by molar-refractivity contribution is 5.86. The van der Waals surface area contributed by atoms with Crippen LogP contribution in [0.25, 0.3) is 0 Å². The number of nitrogens with zero attached hydrogens (tertiary/aromatic N) is 1. The zero-order valence-corrected chi connectivity index (χ0v) is 7.54.